The highest BCUT2D eigenvalue weighted by molar-refractivity contribution is 5.84. The largest absolute Gasteiger partial charge is 0.390 e. The Hall–Kier alpha value is -3.61. The van der Waals surface area contributed by atoms with Gasteiger partial charge < -0.3 is 14.9 Å². The summed E-state index contributed by atoms with van der Waals surface area (Å²) in [4.78, 5) is 34.4. The number of carbonyl (C=O) groups excluding carboxylic acids is 2. The van der Waals surface area contributed by atoms with E-state index in [-0.39, 0.29) is 35.0 Å². The van der Waals surface area contributed by atoms with Crippen molar-refractivity contribution in [1.29, 1.82) is 0 Å². The maximum Gasteiger partial charge on any atom is 0.159 e. The average Bonchev–Trinajstić information content (AvgIpc) is 4.10. The summed E-state index contributed by atoms with van der Waals surface area (Å²) in [5, 5.41) is 41.2. The predicted octanol–water partition coefficient (Wildman–Crippen LogP) is 9.34. The summed E-state index contributed by atoms with van der Waals surface area (Å²) in [7, 11) is 0. The van der Waals surface area contributed by atoms with Gasteiger partial charge in [0.2, 0.25) is 0 Å². The molecule has 12 heteroatoms. The van der Waals surface area contributed by atoms with Crippen LogP contribution in [0.25, 0.3) is 22.1 Å². The van der Waals surface area contributed by atoms with Crippen LogP contribution in [-0.2, 0) is 34.0 Å². The Balaban J connectivity index is 0.626. The third-order valence-electron chi connectivity index (χ3n) is 21.7. The molecule has 8 aliphatic rings. The summed E-state index contributed by atoms with van der Waals surface area (Å²) in [5.41, 5.74) is 2.72. The monoisotopic (exact) mass is 914 g/mol. The summed E-state index contributed by atoms with van der Waals surface area (Å²) < 4.78 is 8.07. The van der Waals surface area contributed by atoms with Crippen LogP contribution in [-0.4, -0.2) is 74.6 Å². The first-order valence-corrected chi connectivity index (χ1v) is 26.9. The van der Waals surface area contributed by atoms with Crippen LogP contribution < -0.4 is 0 Å². The van der Waals surface area contributed by atoms with Crippen molar-refractivity contribution in [3.05, 3.63) is 42.2 Å². The molecule has 16 unspecified atom stereocenters. The number of Topliss-reactive ketones (excluding diaryl/α,β-unsaturated/α-hetero) is 2. The van der Waals surface area contributed by atoms with Crippen LogP contribution in [0.1, 0.15) is 148 Å². The number of pyridine rings is 1. The van der Waals surface area contributed by atoms with Gasteiger partial charge in [0.1, 0.15) is 29.6 Å². The molecule has 0 radical (unpaired) electrons. The summed E-state index contributed by atoms with van der Waals surface area (Å²) in [6, 6.07) is 9.83. The molecule has 4 aromatic rings. The molecule has 3 heterocycles. The van der Waals surface area contributed by atoms with Crippen LogP contribution in [0.4, 0.5) is 0 Å². The lowest BCUT2D eigenvalue weighted by Gasteiger charge is -2.57. The third kappa shape index (κ3) is 7.57. The Labute approximate surface area is 396 Å². The number of nitrogens with zero attached hydrogens (tertiary/aromatic N) is 7. The highest BCUT2D eigenvalue weighted by Gasteiger charge is 2.61. The Bertz CT molecular complexity index is 2520. The second-order valence-corrected chi connectivity index (χ2v) is 24.6. The normalized spacial score (nSPS) is 42.3. The van der Waals surface area contributed by atoms with E-state index >= 15 is 0 Å². The van der Waals surface area contributed by atoms with Crippen LogP contribution in [0.2, 0.25) is 0 Å². The number of ketones is 2. The lowest BCUT2D eigenvalue weighted by molar-refractivity contribution is -0.139. The van der Waals surface area contributed by atoms with Gasteiger partial charge in [-0.15, -0.1) is 5.10 Å². The quantitative estimate of drug-likeness (QED) is 0.149. The SMILES string of the molecule is CCC1(O)CCC2C(CCC3C2CCC2(C)C(C(=O)Cn4nc5cnc(COCC6(O)CCC7C(CCC8C7CCC7(C)C(C(=O)Cn9nnc%10ccccc%109)CCC87)C6)cc5n4)CCC32)C1. The molecule has 8 aliphatic carbocycles. The van der Waals surface area contributed by atoms with Crippen molar-refractivity contribution in [1.82, 2.24) is 35.0 Å². The van der Waals surface area contributed by atoms with Crippen LogP contribution in [0.5, 0.6) is 0 Å². The first-order valence-electron chi connectivity index (χ1n) is 26.9. The Morgan fingerprint density at radius 3 is 1.94 bits per heavy atom. The van der Waals surface area contributed by atoms with E-state index in [1.807, 2.05) is 30.3 Å². The zero-order chi connectivity index (χ0) is 45.9. The van der Waals surface area contributed by atoms with Crippen LogP contribution in [0.15, 0.2) is 36.5 Å². The molecule has 16 atom stereocenters. The van der Waals surface area contributed by atoms with E-state index in [1.54, 1.807) is 15.7 Å². The minimum absolute atomic E-state index is 0.0443. The highest BCUT2D eigenvalue weighted by Crippen LogP contribution is 2.66. The van der Waals surface area contributed by atoms with Gasteiger partial charge in [0.05, 0.1) is 41.8 Å². The first kappa shape index (κ1) is 44.6. The molecule has 8 saturated carbocycles. The lowest BCUT2D eigenvalue weighted by atomic mass is 9.48. The van der Waals surface area contributed by atoms with Crippen LogP contribution >= 0.6 is 0 Å². The van der Waals surface area contributed by atoms with Crippen molar-refractivity contribution in [3.8, 4) is 0 Å². The highest BCUT2D eigenvalue weighted by atomic mass is 16.5. The van der Waals surface area contributed by atoms with E-state index in [0.717, 1.165) is 118 Å². The van der Waals surface area contributed by atoms with Gasteiger partial charge in [0.25, 0.3) is 0 Å². The van der Waals surface area contributed by atoms with Crippen molar-refractivity contribution in [2.75, 3.05) is 6.61 Å². The fourth-order valence-electron chi connectivity index (χ4n) is 18.4. The molecule has 2 N–H and O–H groups in total. The van der Waals surface area contributed by atoms with E-state index < -0.39 is 11.2 Å². The Morgan fingerprint density at radius 1 is 0.672 bits per heavy atom. The minimum atomic E-state index is -0.840. The smallest absolute Gasteiger partial charge is 0.159 e. The summed E-state index contributed by atoms with van der Waals surface area (Å²) in [6.07, 6.45) is 22.1. The minimum Gasteiger partial charge on any atom is -0.390 e. The van der Waals surface area contributed by atoms with Gasteiger partial charge in [-0.05, 0) is 210 Å². The number of rotatable bonds is 11. The lowest BCUT2D eigenvalue weighted by Crippen LogP contribution is -2.52. The topological polar surface area (TPSA) is 158 Å². The molecule has 0 aliphatic heterocycles. The average molecular weight is 914 g/mol. The van der Waals surface area contributed by atoms with Gasteiger partial charge in [-0.25, -0.2) is 4.68 Å². The molecule has 0 saturated heterocycles. The molecule has 3 aromatic heterocycles. The van der Waals surface area contributed by atoms with Crippen molar-refractivity contribution in [2.45, 2.75) is 174 Å². The molecular weight excluding hydrogens is 839 g/mol. The third-order valence-corrected chi connectivity index (χ3v) is 21.7. The number of ether oxygens (including phenoxy) is 1. The summed E-state index contributed by atoms with van der Waals surface area (Å²) in [5.74, 6) is 7.31. The standard InChI is InChI=1S/C55H75N7O5/c1-4-54(65)23-19-36-33(26-54)9-11-40-38(36)18-22-53(3)43(40)14-16-45(53)51(64)30-62-58-47-25-35(56-28-48(47)59-62)31-67-32-55(66)24-20-37-34(27-55)10-12-41-39(37)17-21-52(2)42(41)13-15-44(52)50(63)29-61-49-8-6-5-7-46(49)57-60-61/h5-8,25,28,33-34,36-45,65-66H,4,9-24,26-27,29-32H2,1-3H3. The van der Waals surface area contributed by atoms with Crippen molar-refractivity contribution >= 4 is 33.6 Å². The number of fused-ring (bicyclic) bond motifs is 12. The van der Waals surface area contributed by atoms with Gasteiger partial charge in [0.15, 0.2) is 11.6 Å². The van der Waals surface area contributed by atoms with Crippen molar-refractivity contribution in [3.63, 3.8) is 0 Å². The first-order chi connectivity index (χ1) is 32.3. The summed E-state index contributed by atoms with van der Waals surface area (Å²) in [6.45, 7) is 8.08. The Morgan fingerprint density at radius 2 is 1.27 bits per heavy atom. The molecule has 1 aromatic carbocycles. The molecule has 0 amide bonds. The fraction of sp³-hybridized carbons (Fsp3) is 0.764. The number of aliphatic hydroxyl groups is 2. The number of aromatic nitrogens is 7. The van der Waals surface area contributed by atoms with E-state index in [2.05, 4.69) is 36.1 Å². The van der Waals surface area contributed by atoms with Crippen LogP contribution in [0.3, 0.4) is 0 Å². The maximum absolute atomic E-state index is 14.2. The number of hydrogen-bond acceptors (Lipinski definition) is 10. The second-order valence-electron chi connectivity index (χ2n) is 24.6. The molecular formula is C55H75N7O5. The van der Waals surface area contributed by atoms with Gasteiger partial charge in [0, 0.05) is 11.8 Å². The van der Waals surface area contributed by atoms with E-state index in [1.165, 1.54) is 38.5 Å². The Kier molecular flexibility index (Phi) is 11.2. The zero-order valence-corrected chi connectivity index (χ0v) is 40.4. The molecule has 12 nitrogen and oxygen atoms in total. The maximum atomic E-state index is 14.2. The molecule has 0 spiro atoms. The zero-order valence-electron chi connectivity index (χ0n) is 40.4. The van der Waals surface area contributed by atoms with Crippen molar-refractivity contribution in [2.24, 2.45) is 81.8 Å². The number of para-hydroxylation sites is 1. The van der Waals surface area contributed by atoms with Crippen LogP contribution in [0, 0.1) is 81.8 Å². The number of benzene rings is 1. The van der Waals surface area contributed by atoms with E-state index in [9.17, 15) is 19.8 Å². The van der Waals surface area contributed by atoms with Gasteiger partial charge in [-0.2, -0.15) is 15.0 Å². The fourth-order valence-corrected chi connectivity index (χ4v) is 18.4. The molecule has 360 valence electrons. The van der Waals surface area contributed by atoms with Gasteiger partial charge in [-0.1, -0.05) is 38.1 Å². The van der Waals surface area contributed by atoms with E-state index in [0.29, 0.717) is 78.4 Å². The van der Waals surface area contributed by atoms with Gasteiger partial charge >= 0.3 is 0 Å². The van der Waals surface area contributed by atoms with E-state index in [4.69, 9.17) is 14.9 Å². The molecule has 8 fully saturated rings. The molecule has 12 rings (SSSR count). The molecule has 0 bridgehead atoms. The second kappa shape index (κ2) is 16.8. The van der Waals surface area contributed by atoms with Gasteiger partial charge in [-0.3, -0.25) is 14.6 Å². The summed E-state index contributed by atoms with van der Waals surface area (Å²) >= 11 is 0. The molecule has 67 heavy (non-hydrogen) atoms. The predicted molar refractivity (Wildman–Crippen MR) is 254 cm³/mol. The van der Waals surface area contributed by atoms with Crippen molar-refractivity contribution < 1.29 is 24.5 Å². The number of hydrogen-bond donors (Lipinski definition) is 2. The number of carbonyl (C=O) groups is 2.